The number of rotatable bonds is 6. The topological polar surface area (TPSA) is 82.6 Å². The minimum atomic E-state index is -1.68. The molecule has 1 aromatic rings. The molecule has 6 nitrogen and oxygen atoms in total. The van der Waals surface area contributed by atoms with Crippen LogP contribution in [0.25, 0.3) is 0 Å². The predicted octanol–water partition coefficient (Wildman–Crippen LogP) is 1.66. The second-order valence-electron chi connectivity index (χ2n) is 3.64. The zero-order valence-electron chi connectivity index (χ0n) is 11.1. The number of ketones is 1. The van der Waals surface area contributed by atoms with Gasteiger partial charge in [0.25, 0.3) is 0 Å². The SMILES string of the molecule is CCOC(=O)C(C(=O)OCC)C(=O)c1cccnc1Cl. The number of pyridine rings is 1. The Kier molecular flexibility index (Phi) is 6.11. The summed E-state index contributed by atoms with van der Waals surface area (Å²) < 4.78 is 9.46. The summed E-state index contributed by atoms with van der Waals surface area (Å²) in [5.74, 6) is -4.40. The minimum Gasteiger partial charge on any atom is -0.465 e. The Hall–Kier alpha value is -1.95. The van der Waals surface area contributed by atoms with Crippen LogP contribution in [0.5, 0.6) is 0 Å². The molecule has 0 spiro atoms. The maximum atomic E-state index is 12.3. The number of hydrogen-bond donors (Lipinski definition) is 0. The maximum absolute atomic E-state index is 12.3. The van der Waals surface area contributed by atoms with E-state index in [0.29, 0.717) is 0 Å². The van der Waals surface area contributed by atoms with E-state index < -0.39 is 23.6 Å². The molecule has 20 heavy (non-hydrogen) atoms. The molecule has 1 rings (SSSR count). The first kappa shape index (κ1) is 16.1. The van der Waals surface area contributed by atoms with Crippen LogP contribution < -0.4 is 0 Å². The molecule has 0 atom stereocenters. The number of ether oxygens (including phenoxy) is 2. The number of carbonyl (C=O) groups excluding carboxylic acids is 3. The van der Waals surface area contributed by atoms with Crippen molar-refractivity contribution in [2.75, 3.05) is 13.2 Å². The van der Waals surface area contributed by atoms with Crippen molar-refractivity contribution >= 4 is 29.3 Å². The van der Waals surface area contributed by atoms with E-state index >= 15 is 0 Å². The lowest BCUT2D eigenvalue weighted by Gasteiger charge is -2.13. The summed E-state index contributed by atoms with van der Waals surface area (Å²) in [6, 6.07) is 2.86. The summed E-state index contributed by atoms with van der Waals surface area (Å²) >= 11 is 5.79. The van der Waals surface area contributed by atoms with E-state index in [1.54, 1.807) is 13.8 Å². The number of hydrogen-bond acceptors (Lipinski definition) is 6. The van der Waals surface area contributed by atoms with Crippen LogP contribution in [-0.4, -0.2) is 35.9 Å². The van der Waals surface area contributed by atoms with Crippen molar-refractivity contribution in [2.24, 2.45) is 5.92 Å². The molecule has 0 aliphatic heterocycles. The van der Waals surface area contributed by atoms with Gasteiger partial charge in [-0.3, -0.25) is 14.4 Å². The van der Waals surface area contributed by atoms with Crippen LogP contribution in [0, 0.1) is 5.92 Å². The molecule has 0 aliphatic carbocycles. The molecule has 0 saturated carbocycles. The summed E-state index contributed by atoms with van der Waals surface area (Å²) in [5.41, 5.74) is -0.0275. The van der Waals surface area contributed by atoms with Crippen molar-refractivity contribution in [1.29, 1.82) is 0 Å². The van der Waals surface area contributed by atoms with E-state index in [-0.39, 0.29) is 23.9 Å². The van der Waals surface area contributed by atoms with Gasteiger partial charge in [0.15, 0.2) is 5.78 Å². The van der Waals surface area contributed by atoms with Gasteiger partial charge in [0, 0.05) is 6.20 Å². The van der Waals surface area contributed by atoms with Crippen LogP contribution in [-0.2, 0) is 19.1 Å². The Morgan fingerprint density at radius 2 is 1.75 bits per heavy atom. The van der Waals surface area contributed by atoms with Crippen molar-refractivity contribution in [1.82, 2.24) is 4.98 Å². The molecule has 0 aromatic carbocycles. The van der Waals surface area contributed by atoms with Gasteiger partial charge < -0.3 is 9.47 Å². The normalized spacial score (nSPS) is 10.2. The molecular formula is C13H14ClNO5. The maximum Gasteiger partial charge on any atom is 0.328 e. The quantitative estimate of drug-likeness (QED) is 0.344. The zero-order chi connectivity index (χ0) is 15.1. The van der Waals surface area contributed by atoms with E-state index in [4.69, 9.17) is 21.1 Å². The number of carbonyl (C=O) groups is 3. The van der Waals surface area contributed by atoms with Gasteiger partial charge in [-0.1, -0.05) is 11.6 Å². The molecule has 0 saturated heterocycles. The first-order valence-corrected chi connectivity index (χ1v) is 6.38. The number of halogens is 1. The average molecular weight is 300 g/mol. The molecule has 0 aliphatic rings. The summed E-state index contributed by atoms with van der Waals surface area (Å²) in [4.78, 5) is 39.6. The van der Waals surface area contributed by atoms with Crippen molar-refractivity contribution in [3.63, 3.8) is 0 Å². The van der Waals surface area contributed by atoms with Crippen LogP contribution in [0.15, 0.2) is 18.3 Å². The smallest absolute Gasteiger partial charge is 0.328 e. The van der Waals surface area contributed by atoms with Gasteiger partial charge in [-0.25, -0.2) is 4.98 Å². The van der Waals surface area contributed by atoms with Gasteiger partial charge in [-0.2, -0.15) is 0 Å². The lowest BCUT2D eigenvalue weighted by Crippen LogP contribution is -2.35. The third kappa shape index (κ3) is 3.77. The van der Waals surface area contributed by atoms with Crippen molar-refractivity contribution in [2.45, 2.75) is 13.8 Å². The highest BCUT2D eigenvalue weighted by Gasteiger charge is 2.38. The van der Waals surface area contributed by atoms with Gasteiger partial charge >= 0.3 is 11.9 Å². The molecule has 0 fully saturated rings. The fraction of sp³-hybridized carbons (Fsp3) is 0.385. The third-order valence-electron chi connectivity index (χ3n) is 2.33. The van der Waals surface area contributed by atoms with Gasteiger partial charge in [0.05, 0.1) is 18.8 Å². The lowest BCUT2D eigenvalue weighted by molar-refractivity contribution is -0.158. The van der Waals surface area contributed by atoms with Crippen LogP contribution in [0.3, 0.4) is 0 Å². The van der Waals surface area contributed by atoms with Crippen LogP contribution >= 0.6 is 11.6 Å². The molecule has 0 N–H and O–H groups in total. The molecule has 7 heteroatoms. The van der Waals surface area contributed by atoms with E-state index in [1.807, 2.05) is 0 Å². The molecule has 1 aromatic heterocycles. The van der Waals surface area contributed by atoms with Crippen LogP contribution in [0.1, 0.15) is 24.2 Å². The van der Waals surface area contributed by atoms with E-state index in [1.165, 1.54) is 18.3 Å². The van der Waals surface area contributed by atoms with Crippen molar-refractivity contribution in [3.8, 4) is 0 Å². The molecule has 0 radical (unpaired) electrons. The van der Waals surface area contributed by atoms with Crippen LogP contribution in [0.4, 0.5) is 0 Å². The van der Waals surface area contributed by atoms with Crippen molar-refractivity contribution in [3.05, 3.63) is 29.0 Å². The first-order chi connectivity index (χ1) is 9.52. The summed E-state index contributed by atoms with van der Waals surface area (Å²) in [6.45, 7) is 3.23. The van der Waals surface area contributed by atoms with E-state index in [9.17, 15) is 14.4 Å². The number of esters is 2. The zero-order valence-corrected chi connectivity index (χ0v) is 11.8. The molecular weight excluding hydrogens is 286 g/mol. The molecule has 0 bridgehead atoms. The lowest BCUT2D eigenvalue weighted by atomic mass is 9.99. The highest BCUT2D eigenvalue weighted by molar-refractivity contribution is 6.34. The van der Waals surface area contributed by atoms with Gasteiger partial charge in [0.1, 0.15) is 5.15 Å². The Morgan fingerprint density at radius 3 is 2.20 bits per heavy atom. The van der Waals surface area contributed by atoms with E-state index in [2.05, 4.69) is 4.98 Å². The largest absolute Gasteiger partial charge is 0.465 e. The highest BCUT2D eigenvalue weighted by atomic mass is 35.5. The second-order valence-corrected chi connectivity index (χ2v) is 4.00. The first-order valence-electron chi connectivity index (χ1n) is 6.00. The third-order valence-corrected chi connectivity index (χ3v) is 2.63. The highest BCUT2D eigenvalue weighted by Crippen LogP contribution is 2.18. The Bertz CT molecular complexity index is 499. The van der Waals surface area contributed by atoms with Crippen molar-refractivity contribution < 1.29 is 23.9 Å². The van der Waals surface area contributed by atoms with Gasteiger partial charge in [-0.15, -0.1) is 0 Å². The monoisotopic (exact) mass is 299 g/mol. The summed E-state index contributed by atoms with van der Waals surface area (Å²) in [6.07, 6.45) is 1.39. The Labute approximate surface area is 121 Å². The number of nitrogens with zero attached hydrogens (tertiary/aromatic N) is 1. The molecule has 0 amide bonds. The standard InChI is InChI=1S/C13H14ClNO5/c1-3-19-12(17)9(13(18)20-4-2)10(16)8-6-5-7-15-11(8)14/h5-7,9H,3-4H2,1-2H3. The average Bonchev–Trinajstić information content (AvgIpc) is 2.40. The predicted molar refractivity (Wildman–Crippen MR) is 70.3 cm³/mol. The fourth-order valence-corrected chi connectivity index (χ4v) is 1.70. The Balaban J connectivity index is 3.10. The fourth-order valence-electron chi connectivity index (χ4n) is 1.49. The Morgan fingerprint density at radius 1 is 1.20 bits per heavy atom. The number of Topliss-reactive ketones (excluding diaryl/α,β-unsaturated/α-hetero) is 1. The molecule has 0 unspecified atom stereocenters. The van der Waals surface area contributed by atoms with Gasteiger partial charge in [-0.05, 0) is 26.0 Å². The molecule has 1 heterocycles. The molecule has 108 valence electrons. The summed E-state index contributed by atoms with van der Waals surface area (Å²) in [7, 11) is 0. The van der Waals surface area contributed by atoms with E-state index in [0.717, 1.165) is 0 Å². The van der Waals surface area contributed by atoms with Crippen LogP contribution in [0.2, 0.25) is 5.15 Å². The summed E-state index contributed by atoms with van der Waals surface area (Å²) in [5, 5.41) is -0.0869. The van der Waals surface area contributed by atoms with Gasteiger partial charge in [0.2, 0.25) is 5.92 Å². The minimum absolute atomic E-state index is 0.0275. The number of aromatic nitrogens is 1. The second kappa shape index (κ2) is 7.59.